The van der Waals surface area contributed by atoms with E-state index < -0.39 is 52.2 Å². The van der Waals surface area contributed by atoms with E-state index >= 15 is 4.39 Å². The van der Waals surface area contributed by atoms with E-state index in [9.17, 15) is 17.6 Å². The Balaban J connectivity index is 1.60. The molecule has 0 radical (unpaired) electrons. The van der Waals surface area contributed by atoms with Gasteiger partial charge in [-0.2, -0.15) is 13.2 Å². The smallest absolute Gasteiger partial charge is 0.419 e. The Morgan fingerprint density at radius 2 is 1.53 bits per heavy atom. The Morgan fingerprint density at radius 3 is 2.11 bits per heavy atom. The molecule has 260 valence electrons. The summed E-state index contributed by atoms with van der Waals surface area (Å²) in [7, 11) is -4.47. The minimum atomic E-state index is -4.83. The third-order valence-electron chi connectivity index (χ3n) is 10.3. The number of ether oxygens (including phenoxy) is 1. The first-order valence-corrected chi connectivity index (χ1v) is 22.0. The molecule has 1 aromatic heterocycles. The Bertz CT molecular complexity index is 1570. The quantitative estimate of drug-likeness (QED) is 0.160. The Morgan fingerprint density at radius 1 is 0.872 bits per heavy atom. The Labute approximate surface area is 277 Å². The van der Waals surface area contributed by atoms with Gasteiger partial charge in [-0.25, -0.2) is 8.78 Å². The predicted molar refractivity (Wildman–Crippen MR) is 182 cm³/mol. The van der Waals surface area contributed by atoms with Crippen LogP contribution in [0.4, 0.5) is 22.0 Å². The van der Waals surface area contributed by atoms with Gasteiger partial charge in [0, 0.05) is 35.9 Å². The molecule has 4 rings (SSSR count). The second-order valence-electron chi connectivity index (χ2n) is 15.6. The summed E-state index contributed by atoms with van der Waals surface area (Å²) in [6, 6.07) is 5.74. The highest BCUT2D eigenvalue weighted by atomic mass is 28.4. The zero-order valence-electron chi connectivity index (χ0n) is 29.2. The summed E-state index contributed by atoms with van der Waals surface area (Å²) in [5.74, 6) is -1.81. The maximum absolute atomic E-state index is 16.2. The van der Waals surface area contributed by atoms with Crippen LogP contribution in [0.25, 0.3) is 10.8 Å². The fourth-order valence-electron chi connectivity index (χ4n) is 5.03. The number of nitrogens with one attached hydrogen (secondary N) is 1. The third kappa shape index (κ3) is 8.44. The van der Waals surface area contributed by atoms with Gasteiger partial charge in [-0.05, 0) is 90.4 Å². The zero-order chi connectivity index (χ0) is 35.2. The van der Waals surface area contributed by atoms with Crippen molar-refractivity contribution in [1.29, 1.82) is 0 Å². The van der Waals surface area contributed by atoms with Crippen LogP contribution in [0.3, 0.4) is 0 Å². The molecule has 5 nitrogen and oxygen atoms in total. The first-order valence-electron chi connectivity index (χ1n) is 16.2. The number of nitrogens with zero attached hydrogens (tertiary/aromatic N) is 1. The van der Waals surface area contributed by atoms with Crippen molar-refractivity contribution in [3.63, 3.8) is 0 Å². The van der Waals surface area contributed by atoms with Gasteiger partial charge in [-0.3, -0.25) is 4.98 Å². The number of rotatable bonds is 11. The van der Waals surface area contributed by atoms with Gasteiger partial charge < -0.3 is 18.9 Å². The molecule has 3 aromatic rings. The summed E-state index contributed by atoms with van der Waals surface area (Å²) in [6.45, 7) is 22.2. The van der Waals surface area contributed by atoms with E-state index in [0.717, 1.165) is 11.5 Å². The number of benzene rings is 2. The molecule has 1 aliphatic rings. The number of hydrogen-bond acceptors (Lipinski definition) is 5. The highest BCUT2D eigenvalue weighted by molar-refractivity contribution is 6.74. The maximum atomic E-state index is 16.2. The van der Waals surface area contributed by atoms with Crippen LogP contribution in [-0.2, 0) is 21.6 Å². The van der Waals surface area contributed by atoms with Crippen LogP contribution in [0.1, 0.15) is 77.2 Å². The first-order chi connectivity index (χ1) is 21.5. The molecule has 0 amide bonds. The fraction of sp³-hybridized carbons (Fsp3) is 0.571. The van der Waals surface area contributed by atoms with Crippen LogP contribution in [0.5, 0.6) is 5.75 Å². The molecule has 12 heteroatoms. The van der Waals surface area contributed by atoms with E-state index in [-0.39, 0.29) is 28.4 Å². The lowest BCUT2D eigenvalue weighted by atomic mass is 9.88. The Hall–Kier alpha value is -2.39. The molecule has 2 aromatic carbocycles. The first kappa shape index (κ1) is 37.4. The maximum Gasteiger partial charge on any atom is 0.419 e. The summed E-state index contributed by atoms with van der Waals surface area (Å²) in [4.78, 5) is 4.39. The number of pyridine rings is 1. The minimum absolute atomic E-state index is 0.0145. The summed E-state index contributed by atoms with van der Waals surface area (Å²) in [6.07, 6.45) is -1.10. The van der Waals surface area contributed by atoms with E-state index in [4.69, 9.17) is 13.6 Å². The van der Waals surface area contributed by atoms with Crippen LogP contribution >= 0.6 is 0 Å². The molecule has 0 saturated heterocycles. The molecule has 1 N–H and O–H groups in total. The highest BCUT2D eigenvalue weighted by Crippen LogP contribution is 2.43. The standard InChI is InChI=1S/C35H49F5N2O3Si2/c1-33(2,3)46(7,8)43-21-32(45-47(9,10)34(4,5)6)24-18-29(37)26(23-15-16-41-19-25(23)24)20-42-30-13-14-31(30)44-22-11-12-28(36)27(17-22)35(38,39)40/h11-12,15-19,30-32,42H,13-14,20-21H2,1-10H3/t30-,31-,32+/m1/s1. The molecule has 47 heavy (non-hydrogen) atoms. The molecule has 3 atom stereocenters. The highest BCUT2D eigenvalue weighted by Gasteiger charge is 2.42. The van der Waals surface area contributed by atoms with Crippen molar-refractivity contribution in [2.24, 2.45) is 0 Å². The second-order valence-corrected chi connectivity index (χ2v) is 25.2. The zero-order valence-corrected chi connectivity index (χ0v) is 31.2. The van der Waals surface area contributed by atoms with E-state index in [1.807, 2.05) is 0 Å². The van der Waals surface area contributed by atoms with Crippen LogP contribution in [0.2, 0.25) is 36.3 Å². The summed E-state index contributed by atoms with van der Waals surface area (Å²) in [5, 5.41) is 4.72. The van der Waals surface area contributed by atoms with Crippen molar-refractivity contribution in [1.82, 2.24) is 10.3 Å². The van der Waals surface area contributed by atoms with Gasteiger partial charge in [-0.15, -0.1) is 0 Å². The van der Waals surface area contributed by atoms with Gasteiger partial charge in [0.2, 0.25) is 0 Å². The third-order valence-corrected chi connectivity index (χ3v) is 19.3. The summed E-state index contributed by atoms with van der Waals surface area (Å²) in [5.41, 5.74) is -0.222. The van der Waals surface area contributed by atoms with Crippen molar-refractivity contribution < 1.29 is 35.5 Å². The minimum Gasteiger partial charge on any atom is -0.489 e. The molecular formula is C35H49F5N2O3Si2. The average molecular weight is 697 g/mol. The average Bonchev–Trinajstić information content (AvgIpc) is 2.93. The molecule has 1 heterocycles. The number of halogens is 5. The molecule has 0 unspecified atom stereocenters. The van der Waals surface area contributed by atoms with Crippen LogP contribution in [0, 0.1) is 11.6 Å². The van der Waals surface area contributed by atoms with Crippen molar-refractivity contribution >= 4 is 27.4 Å². The molecule has 0 spiro atoms. The largest absolute Gasteiger partial charge is 0.489 e. The van der Waals surface area contributed by atoms with Crippen molar-refractivity contribution in [2.45, 2.75) is 122 Å². The number of alkyl halides is 3. The Kier molecular flexibility index (Phi) is 10.7. The van der Waals surface area contributed by atoms with Crippen LogP contribution in [-0.4, -0.2) is 40.4 Å². The van der Waals surface area contributed by atoms with Gasteiger partial charge in [0.25, 0.3) is 0 Å². The van der Waals surface area contributed by atoms with Gasteiger partial charge in [0.05, 0.1) is 18.3 Å². The van der Waals surface area contributed by atoms with Crippen molar-refractivity contribution in [3.05, 3.63) is 71.1 Å². The molecule has 1 saturated carbocycles. The number of fused-ring (bicyclic) bond motifs is 1. The van der Waals surface area contributed by atoms with Crippen molar-refractivity contribution in [2.75, 3.05) is 6.61 Å². The lowest BCUT2D eigenvalue weighted by molar-refractivity contribution is -0.140. The molecule has 0 aliphatic heterocycles. The second kappa shape index (κ2) is 13.5. The topological polar surface area (TPSA) is 52.6 Å². The molecule has 0 bridgehead atoms. The SMILES string of the molecule is CC(C)(C)[Si](C)(C)OC[C@H](O[Si](C)(C)C(C)(C)C)c1cc(F)c(CN[C@@H]2CC[C@H]2Oc2ccc(F)c(C(F)(F)F)c2)c2ccncc12. The molecule has 1 aliphatic carbocycles. The van der Waals surface area contributed by atoms with Crippen LogP contribution < -0.4 is 10.1 Å². The van der Waals surface area contributed by atoms with E-state index in [1.54, 1.807) is 24.5 Å². The van der Waals surface area contributed by atoms with Crippen molar-refractivity contribution in [3.8, 4) is 5.75 Å². The monoisotopic (exact) mass is 696 g/mol. The van der Waals surface area contributed by atoms with E-state index in [1.165, 1.54) is 6.07 Å². The summed E-state index contributed by atoms with van der Waals surface area (Å²) >= 11 is 0. The van der Waals surface area contributed by atoms with Crippen LogP contribution in [0.15, 0.2) is 42.7 Å². The molecular weight excluding hydrogens is 648 g/mol. The van der Waals surface area contributed by atoms with Gasteiger partial charge in [0.1, 0.15) is 23.5 Å². The lowest BCUT2D eigenvalue weighted by Crippen LogP contribution is -2.50. The molecule has 1 fully saturated rings. The van der Waals surface area contributed by atoms with E-state index in [2.05, 4.69) is 78.0 Å². The van der Waals surface area contributed by atoms with Gasteiger partial charge in [-0.1, -0.05) is 41.5 Å². The van der Waals surface area contributed by atoms with E-state index in [0.29, 0.717) is 42.0 Å². The lowest BCUT2D eigenvalue weighted by Gasteiger charge is -2.42. The van der Waals surface area contributed by atoms with Gasteiger partial charge in [0.15, 0.2) is 16.6 Å². The number of aromatic nitrogens is 1. The van der Waals surface area contributed by atoms with Gasteiger partial charge >= 0.3 is 6.18 Å². The predicted octanol–water partition coefficient (Wildman–Crippen LogP) is 10.3. The number of hydrogen-bond donors (Lipinski definition) is 1. The fourth-order valence-corrected chi connectivity index (χ4v) is 7.29. The normalized spacial score (nSPS) is 18.7. The summed E-state index contributed by atoms with van der Waals surface area (Å²) < 4.78 is 89.0.